The lowest BCUT2D eigenvalue weighted by Crippen LogP contribution is -2.88. The van der Waals surface area contributed by atoms with Gasteiger partial charge in [0.1, 0.15) is 0 Å². The van der Waals surface area contributed by atoms with Crippen molar-refractivity contribution in [2.75, 3.05) is 0 Å². The summed E-state index contributed by atoms with van der Waals surface area (Å²) < 4.78 is 33.7. The van der Waals surface area contributed by atoms with Gasteiger partial charge in [0.2, 0.25) is 0 Å². The highest BCUT2D eigenvalue weighted by molar-refractivity contribution is 7.16. The molecule has 1 saturated heterocycles. The molecule has 0 radical (unpaired) electrons. The van der Waals surface area contributed by atoms with E-state index in [-0.39, 0.29) is 0 Å². The Morgan fingerprint density at radius 1 is 0.211 bits per heavy atom. The molecule has 0 atom stereocenters. The van der Waals surface area contributed by atoms with E-state index in [4.69, 9.17) is 28.1 Å². The minimum Gasteiger partial charge on any atom is -0.402 e. The molecule has 0 spiro atoms. The summed E-state index contributed by atoms with van der Waals surface area (Å²) in [5, 5.41) is 8.15. The van der Waals surface area contributed by atoms with E-state index >= 15 is 0 Å². The van der Waals surface area contributed by atoms with E-state index in [9.17, 15) is 0 Å². The first-order valence-electron chi connectivity index (χ1n) is 19.0. The van der Waals surface area contributed by atoms with Gasteiger partial charge in [0, 0.05) is 5.02 Å². The molecular formula is C48H39ClO4Si4. The lowest BCUT2D eigenvalue weighted by atomic mass is 10.4. The van der Waals surface area contributed by atoms with E-state index < -0.39 is 34.2 Å². The monoisotopic (exact) mass is 826 g/mol. The summed E-state index contributed by atoms with van der Waals surface area (Å²) in [6.07, 6.45) is 0. The maximum Gasteiger partial charge on any atom is 0.390 e. The smallest absolute Gasteiger partial charge is 0.390 e. The molecule has 57 heavy (non-hydrogen) atoms. The molecule has 1 heterocycles. The van der Waals surface area contributed by atoms with Gasteiger partial charge in [-0.15, -0.1) is 0 Å². The summed E-state index contributed by atoms with van der Waals surface area (Å²) in [7, 11) is -15.8. The zero-order valence-corrected chi connectivity index (χ0v) is 35.8. The summed E-state index contributed by atoms with van der Waals surface area (Å²) in [5.74, 6) is 0. The maximum absolute atomic E-state index is 8.43. The summed E-state index contributed by atoms with van der Waals surface area (Å²) in [6, 6.07) is 81.1. The Hall–Kier alpha value is -5.24. The summed E-state index contributed by atoms with van der Waals surface area (Å²) in [4.78, 5) is 0. The standard InChI is InChI=1S/C48H39ClO4Si4/c49-40-36-38-48(39-37-40)57(47-34-20-7-21-35-47)52-55(43-26-12-3-13-27-43,44-28-14-4-15-29-44)50-54(41-22-8-1-9-23-41,42-24-10-2-11-25-42)51-56(53-57,45-30-16-5-17-31-45)46-32-18-6-19-33-46/h1-39H. The zero-order chi connectivity index (χ0) is 38.6. The van der Waals surface area contributed by atoms with E-state index in [0.717, 1.165) is 41.5 Å². The lowest BCUT2D eigenvalue weighted by molar-refractivity contribution is 0.268. The fraction of sp³-hybridized carbons (Fsp3) is 0. The van der Waals surface area contributed by atoms with Crippen molar-refractivity contribution in [1.29, 1.82) is 0 Å². The first kappa shape index (κ1) is 37.3. The van der Waals surface area contributed by atoms with E-state index in [2.05, 4.69) is 182 Å². The van der Waals surface area contributed by atoms with Crippen LogP contribution in [0.5, 0.6) is 0 Å². The van der Waals surface area contributed by atoms with Gasteiger partial charge in [0.05, 0.1) is 0 Å². The molecule has 278 valence electrons. The number of hydrogen-bond donors (Lipinski definition) is 0. The molecule has 9 rings (SSSR count). The third-order valence-corrected chi connectivity index (χ3v) is 28.6. The van der Waals surface area contributed by atoms with Crippen LogP contribution in [0.15, 0.2) is 237 Å². The average molecular weight is 828 g/mol. The molecule has 0 unspecified atom stereocenters. The average Bonchev–Trinajstić information content (AvgIpc) is 3.29. The van der Waals surface area contributed by atoms with Crippen molar-refractivity contribution in [2.24, 2.45) is 0 Å². The number of rotatable bonds is 8. The Morgan fingerprint density at radius 2 is 0.368 bits per heavy atom. The molecule has 9 heteroatoms. The Balaban J connectivity index is 1.50. The Bertz CT molecular complexity index is 2310. The topological polar surface area (TPSA) is 36.9 Å². The van der Waals surface area contributed by atoms with Crippen LogP contribution >= 0.6 is 11.6 Å². The van der Waals surface area contributed by atoms with Crippen LogP contribution in [0, 0.1) is 0 Å². The molecule has 8 aromatic rings. The maximum atomic E-state index is 8.43. The lowest BCUT2D eigenvalue weighted by Gasteiger charge is -2.53. The third-order valence-electron chi connectivity index (χ3n) is 10.5. The highest BCUT2D eigenvalue weighted by Gasteiger charge is 2.67. The molecule has 1 aliphatic heterocycles. The minimum atomic E-state index is -3.97. The predicted molar refractivity (Wildman–Crippen MR) is 241 cm³/mol. The third kappa shape index (κ3) is 6.85. The van der Waals surface area contributed by atoms with Crippen LogP contribution in [0.2, 0.25) is 5.02 Å². The zero-order valence-electron chi connectivity index (χ0n) is 31.0. The second-order valence-electron chi connectivity index (χ2n) is 13.9. The first-order chi connectivity index (χ1) is 28.1. The minimum absolute atomic E-state index is 0.623. The van der Waals surface area contributed by atoms with Crippen LogP contribution in [0.25, 0.3) is 0 Å². The van der Waals surface area contributed by atoms with Gasteiger partial charge in [0.25, 0.3) is 0 Å². The molecule has 0 saturated carbocycles. The number of benzene rings is 8. The van der Waals surface area contributed by atoms with Gasteiger partial charge in [-0.2, -0.15) is 0 Å². The second kappa shape index (κ2) is 16.0. The van der Waals surface area contributed by atoms with E-state index in [1.165, 1.54) is 0 Å². The number of hydrogen-bond acceptors (Lipinski definition) is 4. The summed E-state index contributed by atoms with van der Waals surface area (Å²) in [5.41, 5.74) is 0. The van der Waals surface area contributed by atoms with Gasteiger partial charge in [-0.1, -0.05) is 236 Å². The molecule has 1 fully saturated rings. The summed E-state index contributed by atoms with van der Waals surface area (Å²) >= 11 is 6.68. The second-order valence-corrected chi connectivity index (χ2v) is 27.2. The van der Waals surface area contributed by atoms with Crippen molar-refractivity contribution in [1.82, 2.24) is 0 Å². The SMILES string of the molecule is Clc1ccc([Si]2(c3ccccc3)O[Si](c3ccccc3)(c3ccccc3)O[Si](c3ccccc3)(c3ccccc3)O[Si](c3ccccc3)(c3ccccc3)O2)cc1. The molecule has 8 aromatic carbocycles. The van der Waals surface area contributed by atoms with Crippen LogP contribution in [-0.4, -0.2) is 34.2 Å². The van der Waals surface area contributed by atoms with Gasteiger partial charge < -0.3 is 16.5 Å². The highest BCUT2D eigenvalue weighted by atomic mass is 35.5. The molecular weight excluding hydrogens is 788 g/mol. The number of halogens is 1. The quantitative estimate of drug-likeness (QED) is 0.183. The molecule has 4 nitrogen and oxygen atoms in total. The van der Waals surface area contributed by atoms with Crippen molar-refractivity contribution in [3.05, 3.63) is 242 Å². The van der Waals surface area contributed by atoms with Crippen LogP contribution < -0.4 is 41.5 Å². The predicted octanol–water partition coefficient (Wildman–Crippen LogP) is 5.75. The molecule has 0 aromatic heterocycles. The van der Waals surface area contributed by atoms with E-state index in [0.29, 0.717) is 5.02 Å². The van der Waals surface area contributed by atoms with Crippen LogP contribution in [-0.2, 0) is 16.5 Å². The van der Waals surface area contributed by atoms with Gasteiger partial charge in [-0.3, -0.25) is 0 Å². The molecule has 1 aliphatic rings. The highest BCUT2D eigenvalue weighted by Crippen LogP contribution is 2.32. The summed E-state index contributed by atoms with van der Waals surface area (Å²) in [6.45, 7) is 0. The normalized spacial score (nSPS) is 16.8. The molecule has 0 aliphatic carbocycles. The Labute approximate surface area is 343 Å². The van der Waals surface area contributed by atoms with Crippen molar-refractivity contribution < 1.29 is 16.5 Å². The first-order valence-corrected chi connectivity index (χ1v) is 26.7. The Kier molecular flexibility index (Phi) is 10.5. The fourth-order valence-corrected chi connectivity index (χ4v) is 30.4. The van der Waals surface area contributed by atoms with Crippen LogP contribution in [0.1, 0.15) is 0 Å². The fourth-order valence-electron chi connectivity index (χ4n) is 7.77. The Morgan fingerprint density at radius 3 is 0.544 bits per heavy atom. The van der Waals surface area contributed by atoms with E-state index in [1.54, 1.807) is 0 Å². The van der Waals surface area contributed by atoms with Crippen molar-refractivity contribution >= 4 is 87.3 Å². The molecule has 0 amide bonds. The van der Waals surface area contributed by atoms with Crippen LogP contribution in [0.3, 0.4) is 0 Å². The van der Waals surface area contributed by atoms with Gasteiger partial charge in [-0.05, 0) is 53.6 Å². The van der Waals surface area contributed by atoms with Crippen molar-refractivity contribution in [3.8, 4) is 0 Å². The molecule has 0 N–H and O–H groups in total. The van der Waals surface area contributed by atoms with Crippen LogP contribution in [0.4, 0.5) is 0 Å². The van der Waals surface area contributed by atoms with Crippen molar-refractivity contribution in [3.63, 3.8) is 0 Å². The largest absolute Gasteiger partial charge is 0.402 e. The molecule has 0 bridgehead atoms. The van der Waals surface area contributed by atoms with Gasteiger partial charge in [0.15, 0.2) is 0 Å². The van der Waals surface area contributed by atoms with Gasteiger partial charge in [-0.25, -0.2) is 0 Å². The van der Waals surface area contributed by atoms with Gasteiger partial charge >= 0.3 is 34.2 Å². The van der Waals surface area contributed by atoms with Crippen molar-refractivity contribution in [2.45, 2.75) is 0 Å². The van der Waals surface area contributed by atoms with E-state index in [1.807, 2.05) is 54.6 Å².